The predicted molar refractivity (Wildman–Crippen MR) is 66.4 cm³/mol. The first-order valence-corrected chi connectivity index (χ1v) is 6.83. The topological polar surface area (TPSA) is 43.1 Å². The molecule has 0 saturated heterocycles. The average molecular weight is 246 g/mol. The van der Waals surface area contributed by atoms with Crippen LogP contribution in [0.3, 0.4) is 0 Å². The lowest BCUT2D eigenvalue weighted by Crippen LogP contribution is -2.26. The van der Waals surface area contributed by atoms with Gasteiger partial charge in [0, 0.05) is 33.4 Å². The zero-order valence-corrected chi connectivity index (χ0v) is 10.4. The van der Waals surface area contributed by atoms with Gasteiger partial charge < -0.3 is 5.73 Å². The molecule has 1 aromatic rings. The second kappa shape index (κ2) is 6.26. The van der Waals surface area contributed by atoms with Crippen LogP contribution in [0.2, 0.25) is 5.02 Å². The fourth-order valence-corrected chi connectivity index (χ4v) is 2.82. The first-order valence-electron chi connectivity index (χ1n) is 4.96. The second-order valence-corrected chi connectivity index (χ2v) is 5.49. The van der Waals surface area contributed by atoms with Crippen molar-refractivity contribution in [3.8, 4) is 0 Å². The number of hydrogen-bond acceptors (Lipinski definition) is 2. The van der Waals surface area contributed by atoms with Crippen LogP contribution in [0.1, 0.15) is 18.9 Å². The maximum absolute atomic E-state index is 11.7. The average Bonchev–Trinajstić information content (AvgIpc) is 2.17. The summed E-state index contributed by atoms with van der Waals surface area (Å²) in [6.45, 7) is 2.00. The number of hydrogen-bond donors (Lipinski definition) is 1. The van der Waals surface area contributed by atoms with E-state index in [1.165, 1.54) is 0 Å². The SMILES string of the molecule is CCC(N)CS(=O)Cc1cccc(Cl)c1. The van der Waals surface area contributed by atoms with Crippen LogP contribution in [-0.2, 0) is 16.6 Å². The summed E-state index contributed by atoms with van der Waals surface area (Å²) in [5.74, 6) is 1.09. The zero-order chi connectivity index (χ0) is 11.3. The Labute approximate surface area is 98.3 Å². The Morgan fingerprint density at radius 2 is 2.27 bits per heavy atom. The number of halogens is 1. The maximum Gasteiger partial charge on any atom is 0.0486 e. The molecule has 1 aromatic carbocycles. The van der Waals surface area contributed by atoms with Crippen LogP contribution in [0, 0.1) is 0 Å². The standard InChI is InChI=1S/C11H16ClNOS/c1-2-11(13)8-15(14)7-9-4-3-5-10(12)6-9/h3-6,11H,2,7-8,13H2,1H3. The molecule has 4 heteroatoms. The van der Waals surface area contributed by atoms with Gasteiger partial charge in [0.1, 0.15) is 0 Å². The molecule has 84 valence electrons. The second-order valence-electron chi connectivity index (χ2n) is 3.55. The van der Waals surface area contributed by atoms with Gasteiger partial charge in [0.05, 0.1) is 0 Å². The molecule has 0 aromatic heterocycles. The van der Waals surface area contributed by atoms with E-state index in [1.54, 1.807) is 0 Å². The molecule has 0 aliphatic rings. The molecule has 0 aliphatic heterocycles. The lowest BCUT2D eigenvalue weighted by molar-refractivity contribution is 0.663. The smallest absolute Gasteiger partial charge is 0.0486 e. The lowest BCUT2D eigenvalue weighted by atomic mass is 10.2. The van der Waals surface area contributed by atoms with Crippen molar-refractivity contribution in [1.29, 1.82) is 0 Å². The van der Waals surface area contributed by atoms with Crippen LogP contribution in [-0.4, -0.2) is 16.0 Å². The van der Waals surface area contributed by atoms with Crippen molar-refractivity contribution < 1.29 is 4.21 Å². The van der Waals surface area contributed by atoms with Gasteiger partial charge in [-0.1, -0.05) is 30.7 Å². The Balaban J connectivity index is 2.51. The Bertz CT molecular complexity index is 343. The summed E-state index contributed by atoms with van der Waals surface area (Å²) in [5.41, 5.74) is 6.74. The van der Waals surface area contributed by atoms with Gasteiger partial charge in [-0.15, -0.1) is 0 Å². The maximum atomic E-state index is 11.7. The van der Waals surface area contributed by atoms with Crippen LogP contribution in [0.15, 0.2) is 24.3 Å². The summed E-state index contributed by atoms with van der Waals surface area (Å²) in [4.78, 5) is 0. The summed E-state index contributed by atoms with van der Waals surface area (Å²) in [7, 11) is -0.893. The minimum atomic E-state index is -0.893. The molecule has 1 rings (SSSR count). The summed E-state index contributed by atoms with van der Waals surface area (Å²) < 4.78 is 11.7. The van der Waals surface area contributed by atoms with Gasteiger partial charge in [-0.3, -0.25) is 4.21 Å². The largest absolute Gasteiger partial charge is 0.327 e. The summed E-state index contributed by atoms with van der Waals surface area (Å²) in [6, 6.07) is 7.49. The highest BCUT2D eigenvalue weighted by molar-refractivity contribution is 7.84. The number of nitrogens with two attached hydrogens (primary N) is 1. The molecule has 2 unspecified atom stereocenters. The molecule has 2 nitrogen and oxygen atoms in total. The van der Waals surface area contributed by atoms with Gasteiger partial charge in [0.2, 0.25) is 0 Å². The fraction of sp³-hybridized carbons (Fsp3) is 0.455. The molecule has 0 amide bonds. The van der Waals surface area contributed by atoms with Crippen LogP contribution in [0.4, 0.5) is 0 Å². The third-order valence-corrected chi connectivity index (χ3v) is 3.83. The van der Waals surface area contributed by atoms with Crippen LogP contribution < -0.4 is 5.73 Å². The molecule has 0 heterocycles. The van der Waals surface area contributed by atoms with Crippen molar-refractivity contribution in [2.24, 2.45) is 5.73 Å². The van der Waals surface area contributed by atoms with Crippen molar-refractivity contribution in [3.63, 3.8) is 0 Å². The Morgan fingerprint density at radius 3 is 2.87 bits per heavy atom. The Hall–Kier alpha value is -0.380. The van der Waals surface area contributed by atoms with E-state index in [9.17, 15) is 4.21 Å². The summed E-state index contributed by atoms with van der Waals surface area (Å²) in [5, 5.41) is 0.685. The van der Waals surface area contributed by atoms with E-state index in [-0.39, 0.29) is 6.04 Å². The monoisotopic (exact) mass is 245 g/mol. The van der Waals surface area contributed by atoms with E-state index in [4.69, 9.17) is 17.3 Å². The Morgan fingerprint density at radius 1 is 1.53 bits per heavy atom. The van der Waals surface area contributed by atoms with E-state index in [2.05, 4.69) is 0 Å². The van der Waals surface area contributed by atoms with Gasteiger partial charge in [0.15, 0.2) is 0 Å². The number of rotatable bonds is 5. The molecule has 0 spiro atoms. The molecular weight excluding hydrogens is 230 g/mol. The summed E-state index contributed by atoms with van der Waals surface area (Å²) >= 11 is 5.84. The van der Waals surface area contributed by atoms with Crippen LogP contribution >= 0.6 is 11.6 Å². The minimum Gasteiger partial charge on any atom is -0.327 e. The molecule has 2 N–H and O–H groups in total. The van der Waals surface area contributed by atoms with E-state index >= 15 is 0 Å². The third kappa shape index (κ3) is 4.78. The first kappa shape index (κ1) is 12.7. The summed E-state index contributed by atoms with van der Waals surface area (Å²) in [6.07, 6.45) is 0.862. The van der Waals surface area contributed by atoms with Crippen LogP contribution in [0.25, 0.3) is 0 Å². The first-order chi connectivity index (χ1) is 7.11. The van der Waals surface area contributed by atoms with Crippen molar-refractivity contribution in [1.82, 2.24) is 0 Å². The third-order valence-electron chi connectivity index (χ3n) is 2.14. The minimum absolute atomic E-state index is 0.0324. The molecular formula is C11H16ClNOS. The van der Waals surface area contributed by atoms with E-state index in [1.807, 2.05) is 31.2 Å². The Kier molecular flexibility index (Phi) is 5.29. The molecule has 0 bridgehead atoms. The molecule has 2 atom stereocenters. The van der Waals surface area contributed by atoms with Gasteiger partial charge in [0.25, 0.3) is 0 Å². The highest BCUT2D eigenvalue weighted by Gasteiger charge is 2.07. The molecule has 0 fully saturated rings. The van der Waals surface area contributed by atoms with Crippen molar-refractivity contribution in [2.45, 2.75) is 25.1 Å². The molecule has 15 heavy (non-hydrogen) atoms. The van der Waals surface area contributed by atoms with Crippen LogP contribution in [0.5, 0.6) is 0 Å². The zero-order valence-electron chi connectivity index (χ0n) is 8.78. The highest BCUT2D eigenvalue weighted by atomic mass is 35.5. The van der Waals surface area contributed by atoms with Crippen molar-refractivity contribution >= 4 is 22.4 Å². The lowest BCUT2D eigenvalue weighted by Gasteiger charge is -2.08. The van der Waals surface area contributed by atoms with E-state index in [0.29, 0.717) is 16.5 Å². The van der Waals surface area contributed by atoms with Crippen molar-refractivity contribution in [3.05, 3.63) is 34.9 Å². The van der Waals surface area contributed by atoms with E-state index < -0.39 is 10.8 Å². The molecule has 0 radical (unpaired) electrons. The van der Waals surface area contributed by atoms with Gasteiger partial charge >= 0.3 is 0 Å². The van der Waals surface area contributed by atoms with Gasteiger partial charge in [-0.2, -0.15) is 0 Å². The highest BCUT2D eigenvalue weighted by Crippen LogP contribution is 2.12. The van der Waals surface area contributed by atoms with Gasteiger partial charge in [-0.25, -0.2) is 0 Å². The van der Waals surface area contributed by atoms with Crippen molar-refractivity contribution in [2.75, 3.05) is 5.75 Å². The molecule has 0 saturated carbocycles. The number of benzene rings is 1. The fourth-order valence-electron chi connectivity index (χ4n) is 1.23. The predicted octanol–water partition coefficient (Wildman–Crippen LogP) is 2.33. The van der Waals surface area contributed by atoms with Gasteiger partial charge in [-0.05, 0) is 24.1 Å². The van der Waals surface area contributed by atoms with E-state index in [0.717, 1.165) is 12.0 Å². The quantitative estimate of drug-likeness (QED) is 0.865. The molecule has 0 aliphatic carbocycles. The normalized spacial score (nSPS) is 14.9.